The molecule has 1 aliphatic rings. The van der Waals surface area contributed by atoms with Crippen LogP contribution in [-0.4, -0.2) is 16.9 Å². The number of hydrogen-bond acceptors (Lipinski definition) is 1. The number of carbonyl (C=O) groups is 1. The number of aromatic amines is 1. The van der Waals surface area contributed by atoms with Gasteiger partial charge in [0, 0.05) is 22.6 Å². The van der Waals surface area contributed by atoms with E-state index in [2.05, 4.69) is 53.6 Å². The van der Waals surface area contributed by atoms with Gasteiger partial charge in [-0.25, -0.2) is 0 Å². The van der Waals surface area contributed by atoms with E-state index in [0.717, 1.165) is 24.8 Å². The van der Waals surface area contributed by atoms with E-state index in [-0.39, 0.29) is 11.9 Å². The highest BCUT2D eigenvalue weighted by atomic mass is 16.1. The fourth-order valence-corrected chi connectivity index (χ4v) is 3.78. The average Bonchev–Trinajstić information content (AvgIpc) is 2.93. The highest BCUT2D eigenvalue weighted by Crippen LogP contribution is 2.29. The van der Waals surface area contributed by atoms with Crippen molar-refractivity contribution in [2.45, 2.75) is 38.6 Å². The van der Waals surface area contributed by atoms with Crippen LogP contribution in [0.5, 0.6) is 0 Å². The number of hydrogen-bond donors (Lipinski definition) is 2. The maximum Gasteiger partial charge on any atom is 0.224 e. The van der Waals surface area contributed by atoms with Crippen LogP contribution in [-0.2, 0) is 24.1 Å². The first-order chi connectivity index (χ1) is 11.7. The predicted octanol–water partition coefficient (Wildman–Crippen LogP) is 3.69. The smallest absolute Gasteiger partial charge is 0.224 e. The molecule has 1 aromatic heterocycles. The molecule has 0 saturated carbocycles. The molecule has 1 atom stereocenters. The molecule has 1 unspecified atom stereocenters. The molecule has 0 fully saturated rings. The molecule has 122 valence electrons. The fourth-order valence-electron chi connectivity index (χ4n) is 3.78. The Hall–Kier alpha value is -2.55. The molecule has 0 aliphatic heterocycles. The monoisotopic (exact) mass is 318 g/mol. The van der Waals surface area contributed by atoms with Crippen LogP contribution in [0, 0.1) is 6.92 Å². The molecule has 3 nitrogen and oxygen atoms in total. The van der Waals surface area contributed by atoms with Crippen molar-refractivity contribution < 1.29 is 4.79 Å². The van der Waals surface area contributed by atoms with Crippen LogP contribution < -0.4 is 5.32 Å². The second-order valence-corrected chi connectivity index (χ2v) is 6.80. The summed E-state index contributed by atoms with van der Waals surface area (Å²) in [5.74, 6) is 0.119. The Labute approximate surface area is 142 Å². The lowest BCUT2D eigenvalue weighted by Gasteiger charge is -2.23. The van der Waals surface area contributed by atoms with Crippen molar-refractivity contribution in [3.8, 4) is 0 Å². The maximum absolute atomic E-state index is 12.4. The minimum absolute atomic E-state index is 0.119. The van der Waals surface area contributed by atoms with E-state index in [9.17, 15) is 4.79 Å². The van der Waals surface area contributed by atoms with Crippen LogP contribution in [0.4, 0.5) is 0 Å². The Kier molecular flexibility index (Phi) is 3.85. The van der Waals surface area contributed by atoms with Gasteiger partial charge in [-0.15, -0.1) is 0 Å². The first kappa shape index (κ1) is 15.0. The highest BCUT2D eigenvalue weighted by molar-refractivity contribution is 5.85. The molecule has 24 heavy (non-hydrogen) atoms. The van der Waals surface area contributed by atoms with Crippen molar-refractivity contribution in [3.05, 3.63) is 70.9 Å². The van der Waals surface area contributed by atoms with Crippen molar-refractivity contribution in [2.75, 3.05) is 0 Å². The van der Waals surface area contributed by atoms with Crippen molar-refractivity contribution in [1.82, 2.24) is 10.3 Å². The molecule has 2 N–H and O–H groups in total. The molecule has 1 aliphatic carbocycles. The number of amides is 1. The predicted molar refractivity (Wildman–Crippen MR) is 97.1 cm³/mol. The van der Waals surface area contributed by atoms with Crippen molar-refractivity contribution in [1.29, 1.82) is 0 Å². The number of carbonyl (C=O) groups excluding carboxylic acids is 1. The molecular weight excluding hydrogens is 296 g/mol. The van der Waals surface area contributed by atoms with Gasteiger partial charge in [-0.1, -0.05) is 48.0 Å². The van der Waals surface area contributed by atoms with Gasteiger partial charge in [0.1, 0.15) is 0 Å². The number of nitrogens with one attached hydrogen (secondary N) is 2. The molecule has 0 bridgehead atoms. The Morgan fingerprint density at radius 1 is 1.21 bits per heavy atom. The minimum atomic E-state index is 0.119. The van der Waals surface area contributed by atoms with Crippen LogP contribution >= 0.6 is 0 Å². The van der Waals surface area contributed by atoms with Gasteiger partial charge in [0.05, 0.1) is 6.42 Å². The zero-order chi connectivity index (χ0) is 16.5. The highest BCUT2D eigenvalue weighted by Gasteiger charge is 2.23. The third-order valence-corrected chi connectivity index (χ3v) is 4.91. The summed E-state index contributed by atoms with van der Waals surface area (Å²) in [6.45, 7) is 2.06. The van der Waals surface area contributed by atoms with Gasteiger partial charge in [-0.2, -0.15) is 0 Å². The van der Waals surface area contributed by atoms with E-state index in [1.807, 2.05) is 12.1 Å². The molecule has 1 heterocycles. The van der Waals surface area contributed by atoms with E-state index in [4.69, 9.17) is 0 Å². The largest absolute Gasteiger partial charge is 0.358 e. The van der Waals surface area contributed by atoms with E-state index in [0.29, 0.717) is 6.42 Å². The Morgan fingerprint density at radius 2 is 2.08 bits per heavy atom. The molecule has 2 aromatic carbocycles. The maximum atomic E-state index is 12.4. The molecule has 0 spiro atoms. The zero-order valence-electron chi connectivity index (χ0n) is 13.9. The molecule has 3 aromatic rings. The Balaban J connectivity index is 1.46. The fraction of sp³-hybridized carbons (Fsp3) is 0.286. The summed E-state index contributed by atoms with van der Waals surface area (Å²) < 4.78 is 0. The quantitative estimate of drug-likeness (QED) is 0.760. The van der Waals surface area contributed by atoms with E-state index in [1.165, 1.54) is 27.7 Å². The number of para-hydroxylation sites is 1. The molecular formula is C21H22N2O. The number of aryl methyl sites for hydroxylation is 2. The molecule has 1 amide bonds. The summed E-state index contributed by atoms with van der Waals surface area (Å²) in [7, 11) is 0. The molecule has 0 saturated heterocycles. The number of benzene rings is 2. The normalized spacial score (nSPS) is 16.8. The van der Waals surface area contributed by atoms with Crippen molar-refractivity contribution in [3.63, 3.8) is 0 Å². The van der Waals surface area contributed by atoms with Gasteiger partial charge >= 0.3 is 0 Å². The number of fused-ring (bicyclic) bond motifs is 3. The van der Waals surface area contributed by atoms with Gasteiger partial charge < -0.3 is 10.3 Å². The molecule has 4 rings (SSSR count). The summed E-state index contributed by atoms with van der Waals surface area (Å²) in [5, 5.41) is 4.53. The van der Waals surface area contributed by atoms with Gasteiger partial charge in [0.15, 0.2) is 0 Å². The number of rotatable bonds is 3. The number of aromatic nitrogens is 1. The van der Waals surface area contributed by atoms with Crippen LogP contribution in [0.3, 0.4) is 0 Å². The summed E-state index contributed by atoms with van der Waals surface area (Å²) in [6.07, 6.45) is 3.37. The van der Waals surface area contributed by atoms with Crippen LogP contribution in [0.1, 0.15) is 28.8 Å². The van der Waals surface area contributed by atoms with Crippen molar-refractivity contribution >= 4 is 16.8 Å². The lowest BCUT2D eigenvalue weighted by molar-refractivity contribution is -0.121. The zero-order valence-corrected chi connectivity index (χ0v) is 13.9. The number of H-pyrrole nitrogens is 1. The summed E-state index contributed by atoms with van der Waals surface area (Å²) >= 11 is 0. The van der Waals surface area contributed by atoms with Gasteiger partial charge in [0.25, 0.3) is 0 Å². The second kappa shape index (κ2) is 6.16. The summed E-state index contributed by atoms with van der Waals surface area (Å²) in [6, 6.07) is 16.8. The minimum Gasteiger partial charge on any atom is -0.358 e. The third kappa shape index (κ3) is 2.94. The van der Waals surface area contributed by atoms with Crippen LogP contribution in [0.2, 0.25) is 0 Å². The van der Waals surface area contributed by atoms with Gasteiger partial charge in [0.2, 0.25) is 5.91 Å². The second-order valence-electron chi connectivity index (χ2n) is 6.80. The van der Waals surface area contributed by atoms with E-state index in [1.54, 1.807) is 0 Å². The Bertz CT molecular complexity index is 894. The third-order valence-electron chi connectivity index (χ3n) is 4.91. The molecule has 3 heteroatoms. The van der Waals surface area contributed by atoms with Gasteiger partial charge in [-0.3, -0.25) is 4.79 Å². The summed E-state index contributed by atoms with van der Waals surface area (Å²) in [4.78, 5) is 15.9. The van der Waals surface area contributed by atoms with E-state index < -0.39 is 0 Å². The van der Waals surface area contributed by atoms with Crippen molar-refractivity contribution in [2.24, 2.45) is 0 Å². The summed E-state index contributed by atoms with van der Waals surface area (Å²) in [5.41, 5.74) is 6.19. The topological polar surface area (TPSA) is 44.9 Å². The van der Waals surface area contributed by atoms with E-state index >= 15 is 0 Å². The lowest BCUT2D eigenvalue weighted by Crippen LogP contribution is -2.39. The average molecular weight is 318 g/mol. The molecule has 0 radical (unpaired) electrons. The van der Waals surface area contributed by atoms with Crippen LogP contribution in [0.15, 0.2) is 48.5 Å². The van der Waals surface area contributed by atoms with Gasteiger partial charge in [-0.05, 0) is 43.4 Å². The first-order valence-corrected chi connectivity index (χ1v) is 8.62. The lowest BCUT2D eigenvalue weighted by atomic mass is 9.91. The Morgan fingerprint density at radius 3 is 2.96 bits per heavy atom. The standard InChI is InChI=1S/C21H22N2O/c1-14-5-4-6-15(11-14)12-21(24)22-16-9-10-20-18(13-16)17-7-2-3-8-19(17)23-20/h2-8,11,16,23H,9-10,12-13H2,1H3,(H,22,24). The van der Waals surface area contributed by atoms with Crippen LogP contribution in [0.25, 0.3) is 10.9 Å². The SMILES string of the molecule is Cc1cccc(CC(=O)NC2CCc3[nH]c4ccccc4c3C2)c1. The first-order valence-electron chi connectivity index (χ1n) is 8.62.